The Balaban J connectivity index is 1.87. The van der Waals surface area contributed by atoms with Crippen LogP contribution in [0.25, 0.3) is 0 Å². The van der Waals surface area contributed by atoms with Crippen LogP contribution in [0.2, 0.25) is 0 Å². The molecule has 1 aromatic heterocycles. The van der Waals surface area contributed by atoms with E-state index in [2.05, 4.69) is 67.4 Å². The van der Waals surface area contributed by atoms with Crippen molar-refractivity contribution in [3.8, 4) is 0 Å². The molecule has 4 nitrogen and oxygen atoms in total. The average molecular weight is 291 g/mol. The molecule has 20 heavy (non-hydrogen) atoms. The molecule has 5 heteroatoms. The van der Waals surface area contributed by atoms with Crippen molar-refractivity contribution in [3.63, 3.8) is 0 Å². The van der Waals surface area contributed by atoms with Crippen molar-refractivity contribution >= 4 is 11.8 Å². The molecule has 108 valence electrons. The molecule has 0 saturated carbocycles. The van der Waals surface area contributed by atoms with Crippen molar-refractivity contribution in [1.29, 1.82) is 0 Å². The van der Waals surface area contributed by atoms with E-state index in [1.165, 1.54) is 10.5 Å². The summed E-state index contributed by atoms with van der Waals surface area (Å²) >= 11 is 1.72. The van der Waals surface area contributed by atoms with Crippen molar-refractivity contribution in [2.45, 2.75) is 50.4 Å². The number of hydrogen-bond donors (Lipinski definition) is 1. The molecule has 0 atom stereocenters. The highest BCUT2D eigenvalue weighted by atomic mass is 32.2. The summed E-state index contributed by atoms with van der Waals surface area (Å²) in [6.45, 7) is 9.02. The molecule has 0 amide bonds. The maximum atomic E-state index is 5.24. The summed E-state index contributed by atoms with van der Waals surface area (Å²) in [5.41, 5.74) is 1.31. The van der Waals surface area contributed by atoms with Crippen molar-refractivity contribution in [2.75, 3.05) is 0 Å². The van der Waals surface area contributed by atoms with Crippen LogP contribution in [0.3, 0.4) is 0 Å². The van der Waals surface area contributed by atoms with Crippen LogP contribution >= 0.6 is 11.8 Å². The van der Waals surface area contributed by atoms with E-state index in [9.17, 15) is 0 Å². The Morgan fingerprint density at radius 3 is 2.80 bits per heavy atom. The van der Waals surface area contributed by atoms with E-state index in [0.717, 1.165) is 11.6 Å². The standard InChI is InChI=1S/C15H21N3OS/c1-11-6-5-7-12(8-11)20-10-13-17-14(19-18-13)9-16-15(2,3)4/h5-8,16H,9-10H2,1-4H3. The molecule has 2 rings (SSSR count). The number of aryl methyl sites for hydroxylation is 1. The number of benzene rings is 1. The molecule has 0 radical (unpaired) electrons. The molecule has 0 bridgehead atoms. The second-order valence-corrected chi connectivity index (χ2v) is 6.86. The lowest BCUT2D eigenvalue weighted by molar-refractivity contribution is 0.334. The van der Waals surface area contributed by atoms with Crippen LogP contribution in [-0.2, 0) is 12.3 Å². The van der Waals surface area contributed by atoms with Crippen LogP contribution in [0.15, 0.2) is 33.7 Å². The number of nitrogens with one attached hydrogen (secondary N) is 1. The van der Waals surface area contributed by atoms with Crippen LogP contribution < -0.4 is 5.32 Å². The summed E-state index contributed by atoms with van der Waals surface area (Å²) in [6.07, 6.45) is 0. The normalized spacial score (nSPS) is 11.8. The third-order valence-corrected chi connectivity index (χ3v) is 3.63. The second kappa shape index (κ2) is 6.41. The van der Waals surface area contributed by atoms with Gasteiger partial charge < -0.3 is 9.84 Å². The molecular weight excluding hydrogens is 270 g/mol. The molecular formula is C15H21N3OS. The van der Waals surface area contributed by atoms with Crippen LogP contribution in [-0.4, -0.2) is 15.7 Å². The Hall–Kier alpha value is -1.33. The lowest BCUT2D eigenvalue weighted by Crippen LogP contribution is -2.35. The van der Waals surface area contributed by atoms with Gasteiger partial charge in [-0.3, -0.25) is 0 Å². The Kier molecular flexibility index (Phi) is 4.83. The highest BCUT2D eigenvalue weighted by Crippen LogP contribution is 2.22. The number of thioether (sulfide) groups is 1. The van der Waals surface area contributed by atoms with Gasteiger partial charge in [0, 0.05) is 10.4 Å². The Morgan fingerprint density at radius 1 is 1.30 bits per heavy atom. The first-order valence-electron chi connectivity index (χ1n) is 6.68. The molecule has 1 aromatic carbocycles. The zero-order valence-corrected chi connectivity index (χ0v) is 13.3. The zero-order chi connectivity index (χ0) is 14.6. The Morgan fingerprint density at radius 2 is 2.10 bits per heavy atom. The molecule has 0 unspecified atom stereocenters. The van der Waals surface area contributed by atoms with Gasteiger partial charge in [0.15, 0.2) is 5.82 Å². The van der Waals surface area contributed by atoms with Crippen molar-refractivity contribution < 1.29 is 4.52 Å². The summed E-state index contributed by atoms with van der Waals surface area (Å²) in [4.78, 5) is 5.62. The predicted octanol–water partition coefficient (Wildman–Crippen LogP) is 3.56. The molecule has 0 fully saturated rings. The van der Waals surface area contributed by atoms with Gasteiger partial charge >= 0.3 is 0 Å². The predicted molar refractivity (Wildman–Crippen MR) is 81.6 cm³/mol. The summed E-state index contributed by atoms with van der Waals surface area (Å²) in [7, 11) is 0. The van der Waals surface area contributed by atoms with E-state index in [1.54, 1.807) is 11.8 Å². The minimum absolute atomic E-state index is 0.0466. The van der Waals surface area contributed by atoms with Gasteiger partial charge in [0.1, 0.15) is 0 Å². The van der Waals surface area contributed by atoms with E-state index >= 15 is 0 Å². The van der Waals surface area contributed by atoms with Crippen LogP contribution in [0.4, 0.5) is 0 Å². The molecule has 0 aliphatic heterocycles. The number of hydrogen-bond acceptors (Lipinski definition) is 5. The molecule has 0 spiro atoms. The molecule has 0 aliphatic rings. The van der Waals surface area contributed by atoms with Gasteiger partial charge in [0.05, 0.1) is 12.3 Å². The summed E-state index contributed by atoms with van der Waals surface area (Å²) < 4.78 is 5.24. The minimum Gasteiger partial charge on any atom is -0.338 e. The van der Waals surface area contributed by atoms with E-state index in [-0.39, 0.29) is 5.54 Å². The summed E-state index contributed by atoms with van der Waals surface area (Å²) in [5, 5.41) is 7.34. The first-order chi connectivity index (χ1) is 9.42. The zero-order valence-electron chi connectivity index (χ0n) is 12.4. The molecule has 0 saturated heterocycles. The Bertz CT molecular complexity index is 560. The van der Waals surface area contributed by atoms with Gasteiger partial charge in [-0.15, -0.1) is 11.8 Å². The lowest BCUT2D eigenvalue weighted by Gasteiger charge is -2.18. The van der Waals surface area contributed by atoms with Gasteiger partial charge in [-0.2, -0.15) is 4.98 Å². The monoisotopic (exact) mass is 291 g/mol. The van der Waals surface area contributed by atoms with Crippen molar-refractivity contribution in [2.24, 2.45) is 0 Å². The van der Waals surface area contributed by atoms with Crippen LogP contribution in [0.1, 0.15) is 38.0 Å². The summed E-state index contributed by atoms with van der Waals surface area (Å²) in [6, 6.07) is 8.41. The van der Waals surface area contributed by atoms with Gasteiger partial charge in [-0.05, 0) is 39.8 Å². The highest BCUT2D eigenvalue weighted by Gasteiger charge is 2.12. The topological polar surface area (TPSA) is 51.0 Å². The largest absolute Gasteiger partial charge is 0.338 e. The fourth-order valence-electron chi connectivity index (χ4n) is 1.61. The maximum Gasteiger partial charge on any atom is 0.240 e. The van der Waals surface area contributed by atoms with Crippen LogP contribution in [0, 0.1) is 6.92 Å². The fourth-order valence-corrected chi connectivity index (χ4v) is 2.47. The number of rotatable bonds is 5. The number of aromatic nitrogens is 2. The highest BCUT2D eigenvalue weighted by molar-refractivity contribution is 7.98. The smallest absolute Gasteiger partial charge is 0.240 e. The van der Waals surface area contributed by atoms with Gasteiger partial charge in [-0.1, -0.05) is 22.9 Å². The summed E-state index contributed by atoms with van der Waals surface area (Å²) in [5.74, 6) is 2.10. The van der Waals surface area contributed by atoms with Gasteiger partial charge in [0.25, 0.3) is 0 Å². The molecule has 1 N–H and O–H groups in total. The average Bonchev–Trinajstić information content (AvgIpc) is 2.81. The minimum atomic E-state index is 0.0466. The first-order valence-corrected chi connectivity index (χ1v) is 7.67. The lowest BCUT2D eigenvalue weighted by atomic mass is 10.1. The molecule has 0 aliphatic carbocycles. The van der Waals surface area contributed by atoms with Crippen LogP contribution in [0.5, 0.6) is 0 Å². The Labute approximate surface area is 124 Å². The fraction of sp³-hybridized carbons (Fsp3) is 0.467. The van der Waals surface area contributed by atoms with E-state index in [0.29, 0.717) is 12.4 Å². The second-order valence-electron chi connectivity index (χ2n) is 5.81. The molecule has 2 aromatic rings. The van der Waals surface area contributed by atoms with Crippen molar-refractivity contribution in [3.05, 3.63) is 41.5 Å². The van der Waals surface area contributed by atoms with Crippen molar-refractivity contribution in [1.82, 2.24) is 15.5 Å². The van der Waals surface area contributed by atoms with Gasteiger partial charge in [0.2, 0.25) is 5.89 Å². The maximum absolute atomic E-state index is 5.24. The quantitative estimate of drug-likeness (QED) is 0.854. The van der Waals surface area contributed by atoms with E-state index in [4.69, 9.17) is 4.52 Å². The third kappa shape index (κ3) is 4.98. The van der Waals surface area contributed by atoms with E-state index in [1.807, 2.05) is 0 Å². The number of nitrogens with zero attached hydrogens (tertiary/aromatic N) is 2. The van der Waals surface area contributed by atoms with E-state index < -0.39 is 0 Å². The molecule has 1 heterocycles. The van der Waals surface area contributed by atoms with Gasteiger partial charge in [-0.25, -0.2) is 0 Å². The third-order valence-electron chi connectivity index (χ3n) is 2.64. The first kappa shape index (κ1) is 15.1. The SMILES string of the molecule is Cc1cccc(SCc2noc(CNC(C)(C)C)n2)c1.